The Morgan fingerprint density at radius 1 is 1.03 bits per heavy atom. The van der Waals surface area contributed by atoms with Crippen LogP contribution in [0, 0.1) is 6.92 Å². The van der Waals surface area contributed by atoms with Crippen LogP contribution in [0.2, 0.25) is 0 Å². The second kappa shape index (κ2) is 13.6. The lowest BCUT2D eigenvalue weighted by Gasteiger charge is -2.16. The van der Waals surface area contributed by atoms with E-state index in [0.29, 0.717) is 0 Å². The fraction of sp³-hybridized carbons (Fsp3) is 0.355. The Kier molecular flexibility index (Phi) is 11.2. The van der Waals surface area contributed by atoms with Crippen molar-refractivity contribution in [1.29, 1.82) is 0 Å². The van der Waals surface area contributed by atoms with Crippen molar-refractivity contribution in [3.8, 4) is 0 Å². The van der Waals surface area contributed by atoms with Crippen LogP contribution in [0.5, 0.6) is 0 Å². The molecule has 0 aliphatic heterocycles. The van der Waals surface area contributed by atoms with Gasteiger partial charge in [-0.05, 0) is 91.1 Å². The van der Waals surface area contributed by atoms with Crippen molar-refractivity contribution in [2.45, 2.75) is 73.1 Å². The fourth-order valence-electron chi connectivity index (χ4n) is 3.98. The Morgan fingerprint density at radius 3 is 2.25 bits per heavy atom. The first kappa shape index (κ1) is 29.6. The Labute approximate surface area is 223 Å². The number of alkyl halides is 2. The first-order valence-electron chi connectivity index (χ1n) is 12.5. The van der Waals surface area contributed by atoms with Gasteiger partial charge in [-0.25, -0.2) is 13.8 Å². The number of hydrogen-bond acceptors (Lipinski definition) is 2. The molecule has 0 spiro atoms. The van der Waals surface area contributed by atoms with E-state index >= 15 is 0 Å². The van der Waals surface area contributed by atoms with E-state index in [1.807, 2.05) is 27.7 Å². The molecule has 5 heteroatoms. The maximum atomic E-state index is 13.8. The molecule has 0 saturated carbocycles. The maximum Gasteiger partial charge on any atom is 0.270 e. The minimum Gasteiger partial charge on any atom is -0.260 e. The van der Waals surface area contributed by atoms with Crippen molar-refractivity contribution in [2.75, 3.05) is 0 Å². The molecule has 0 unspecified atom stereocenters. The van der Waals surface area contributed by atoms with Gasteiger partial charge in [0.15, 0.2) is 0 Å². The Morgan fingerprint density at radius 2 is 1.67 bits per heavy atom. The van der Waals surface area contributed by atoms with Crippen LogP contribution >= 0.6 is 15.9 Å². The highest BCUT2D eigenvalue weighted by molar-refractivity contribution is 9.10. The summed E-state index contributed by atoms with van der Waals surface area (Å²) in [4.78, 5) is 8.94. The first-order chi connectivity index (χ1) is 17.1. The van der Waals surface area contributed by atoms with Gasteiger partial charge in [0.05, 0.1) is 23.8 Å². The molecule has 1 aliphatic carbocycles. The van der Waals surface area contributed by atoms with E-state index in [2.05, 4.69) is 63.7 Å². The molecule has 0 fully saturated rings. The van der Waals surface area contributed by atoms with Gasteiger partial charge in [0, 0.05) is 17.0 Å². The molecule has 0 bridgehead atoms. The van der Waals surface area contributed by atoms with Gasteiger partial charge in [-0.1, -0.05) is 67.5 Å². The molecule has 3 aromatic rings. The number of halogens is 3. The third-order valence-corrected chi connectivity index (χ3v) is 6.52. The average Bonchev–Trinajstić information content (AvgIpc) is 3.35. The number of hydrogen-bond donors (Lipinski definition) is 0. The molecular formula is C31H37BrF2N2. The largest absolute Gasteiger partial charge is 0.270 e. The highest BCUT2D eigenvalue weighted by atomic mass is 79.9. The molecule has 0 atom stereocenters. The molecule has 0 saturated heterocycles. The highest BCUT2D eigenvalue weighted by Gasteiger charge is 2.27. The van der Waals surface area contributed by atoms with Gasteiger partial charge in [0.1, 0.15) is 0 Å². The van der Waals surface area contributed by atoms with Crippen LogP contribution < -0.4 is 0 Å². The number of allylic oxidation sites excluding steroid dienone is 3. The Balaban J connectivity index is 0.000000347. The van der Waals surface area contributed by atoms with E-state index in [0.717, 1.165) is 76.3 Å². The summed E-state index contributed by atoms with van der Waals surface area (Å²) in [5.74, 6) is -2.85. The number of aromatic nitrogens is 2. The summed E-state index contributed by atoms with van der Waals surface area (Å²) in [5, 5.41) is 0. The van der Waals surface area contributed by atoms with Gasteiger partial charge in [-0.2, -0.15) is 0 Å². The van der Waals surface area contributed by atoms with Crippen molar-refractivity contribution >= 4 is 32.6 Å². The Hall–Kier alpha value is -2.66. The van der Waals surface area contributed by atoms with Crippen molar-refractivity contribution in [3.05, 3.63) is 99.6 Å². The SMILES string of the molecule is C=C(C)c1cncc(C2=C(c3cc(C(C)(F)F)ccc3C)CCC2)n1.CC.CCc1ccc(Br)cc1. The van der Waals surface area contributed by atoms with Crippen molar-refractivity contribution in [1.82, 2.24) is 9.97 Å². The molecule has 2 nitrogen and oxygen atoms in total. The zero-order chi connectivity index (χ0) is 26.9. The lowest BCUT2D eigenvalue weighted by molar-refractivity contribution is 0.0174. The summed E-state index contributed by atoms with van der Waals surface area (Å²) in [7, 11) is 0. The summed E-state index contributed by atoms with van der Waals surface area (Å²) < 4.78 is 28.7. The molecule has 1 aromatic heterocycles. The van der Waals surface area contributed by atoms with Gasteiger partial charge in [0.2, 0.25) is 0 Å². The van der Waals surface area contributed by atoms with Crippen LogP contribution in [0.25, 0.3) is 16.7 Å². The topological polar surface area (TPSA) is 25.8 Å². The predicted molar refractivity (Wildman–Crippen MR) is 153 cm³/mol. The minimum absolute atomic E-state index is 0.0496. The zero-order valence-corrected chi connectivity index (χ0v) is 23.8. The van der Waals surface area contributed by atoms with E-state index in [1.54, 1.807) is 24.5 Å². The normalized spacial score (nSPS) is 12.9. The molecule has 4 rings (SSSR count). The van der Waals surface area contributed by atoms with E-state index in [1.165, 1.54) is 11.6 Å². The molecule has 1 aliphatic rings. The zero-order valence-electron chi connectivity index (χ0n) is 22.3. The summed E-state index contributed by atoms with van der Waals surface area (Å²) in [6.45, 7) is 14.9. The average molecular weight is 556 g/mol. The minimum atomic E-state index is -2.85. The number of aryl methyl sites for hydroxylation is 2. The molecule has 2 aromatic carbocycles. The molecule has 0 radical (unpaired) electrons. The summed E-state index contributed by atoms with van der Waals surface area (Å²) in [6, 6.07) is 13.3. The molecular weight excluding hydrogens is 518 g/mol. The van der Waals surface area contributed by atoms with Gasteiger partial charge in [0.25, 0.3) is 5.92 Å². The van der Waals surface area contributed by atoms with Crippen LogP contribution in [0.15, 0.2) is 65.9 Å². The smallest absolute Gasteiger partial charge is 0.260 e. The monoisotopic (exact) mass is 554 g/mol. The van der Waals surface area contributed by atoms with Gasteiger partial charge >= 0.3 is 0 Å². The van der Waals surface area contributed by atoms with Crippen LogP contribution in [0.3, 0.4) is 0 Å². The second-order valence-corrected chi connectivity index (χ2v) is 9.69. The summed E-state index contributed by atoms with van der Waals surface area (Å²) in [6.07, 6.45) is 7.32. The third-order valence-electron chi connectivity index (χ3n) is 5.99. The van der Waals surface area contributed by atoms with Crippen LogP contribution in [0.4, 0.5) is 8.78 Å². The van der Waals surface area contributed by atoms with Crippen molar-refractivity contribution in [3.63, 3.8) is 0 Å². The lowest BCUT2D eigenvalue weighted by atomic mass is 9.93. The molecule has 36 heavy (non-hydrogen) atoms. The molecule has 0 N–H and O–H groups in total. The number of benzene rings is 2. The molecule has 0 amide bonds. The van der Waals surface area contributed by atoms with Crippen molar-refractivity contribution < 1.29 is 8.78 Å². The first-order valence-corrected chi connectivity index (χ1v) is 13.3. The quantitative estimate of drug-likeness (QED) is 0.313. The van der Waals surface area contributed by atoms with E-state index in [9.17, 15) is 8.78 Å². The van der Waals surface area contributed by atoms with E-state index < -0.39 is 5.92 Å². The molecule has 1 heterocycles. The summed E-state index contributed by atoms with van der Waals surface area (Å²) in [5.41, 5.74) is 8.00. The number of nitrogens with zero attached hydrogens (tertiary/aromatic N) is 2. The Bertz CT molecular complexity index is 1190. The lowest BCUT2D eigenvalue weighted by Crippen LogP contribution is -2.08. The van der Waals surface area contributed by atoms with Gasteiger partial charge < -0.3 is 0 Å². The highest BCUT2D eigenvalue weighted by Crippen LogP contribution is 2.41. The van der Waals surface area contributed by atoms with Crippen molar-refractivity contribution in [2.24, 2.45) is 0 Å². The fourth-order valence-corrected chi connectivity index (χ4v) is 4.25. The number of rotatable bonds is 5. The second-order valence-electron chi connectivity index (χ2n) is 8.78. The van der Waals surface area contributed by atoms with Crippen LogP contribution in [-0.2, 0) is 12.3 Å². The molecule has 192 valence electrons. The maximum absolute atomic E-state index is 13.8. The van der Waals surface area contributed by atoms with Gasteiger partial charge in [-0.3, -0.25) is 4.98 Å². The van der Waals surface area contributed by atoms with E-state index in [4.69, 9.17) is 0 Å². The standard InChI is InChI=1S/C21H22F2N2.C8H9Br.C2H6/c1-13(2)19-11-24-12-20(25-19)17-7-5-6-16(17)18-10-15(21(4,22)23)9-8-14(18)3;1-2-7-3-5-8(9)6-4-7;1-2/h8-12H,1,5-7H2,2-4H3;3-6H,2H2,1H3;1-2H3. The summed E-state index contributed by atoms with van der Waals surface area (Å²) >= 11 is 3.37. The van der Waals surface area contributed by atoms with E-state index in [-0.39, 0.29) is 5.56 Å². The van der Waals surface area contributed by atoms with Gasteiger partial charge in [-0.15, -0.1) is 0 Å². The van der Waals surface area contributed by atoms with Crippen LogP contribution in [0.1, 0.15) is 87.5 Å². The van der Waals surface area contributed by atoms with Crippen LogP contribution in [-0.4, -0.2) is 9.97 Å². The third kappa shape index (κ3) is 7.92. The predicted octanol–water partition coefficient (Wildman–Crippen LogP) is 10.1.